The number of ketones is 1. The number of halogens is 3. The first-order chi connectivity index (χ1) is 12.6. The molecule has 1 fully saturated rings. The van der Waals surface area contributed by atoms with Crippen LogP contribution < -0.4 is 0 Å². The van der Waals surface area contributed by atoms with Gasteiger partial charge in [0.2, 0.25) is 0 Å². The van der Waals surface area contributed by atoms with Crippen LogP contribution in [0.5, 0.6) is 11.5 Å². The second kappa shape index (κ2) is 6.96. The van der Waals surface area contributed by atoms with Crippen molar-refractivity contribution in [3.05, 3.63) is 46.5 Å². The second-order valence-corrected chi connectivity index (χ2v) is 7.11. The number of benzene rings is 1. The van der Waals surface area contributed by atoms with E-state index in [1.54, 1.807) is 0 Å². The Morgan fingerprint density at radius 2 is 1.93 bits per heavy atom. The van der Waals surface area contributed by atoms with Crippen LogP contribution in [0.25, 0.3) is 0 Å². The zero-order valence-corrected chi connectivity index (χ0v) is 15.0. The van der Waals surface area contributed by atoms with Gasteiger partial charge in [0.05, 0.1) is 17.0 Å². The molecule has 1 aromatic carbocycles. The van der Waals surface area contributed by atoms with Gasteiger partial charge in [0.25, 0.3) is 5.92 Å². The molecule has 1 heterocycles. The van der Waals surface area contributed by atoms with Crippen molar-refractivity contribution in [3.8, 4) is 11.5 Å². The molecule has 5 nitrogen and oxygen atoms in total. The summed E-state index contributed by atoms with van der Waals surface area (Å²) in [4.78, 5) is 24.6. The minimum Gasteiger partial charge on any atom is -0.507 e. The largest absolute Gasteiger partial charge is 0.507 e. The number of phenols is 2. The topological polar surface area (TPSA) is 83.8 Å². The van der Waals surface area contributed by atoms with Gasteiger partial charge in [-0.15, -0.1) is 0 Å². The number of carbonyl (C=O) groups is 2. The van der Waals surface area contributed by atoms with E-state index in [0.29, 0.717) is 0 Å². The Balaban J connectivity index is 2.02. The number of hydrogen-bond donors (Lipinski definition) is 2. The minimum absolute atomic E-state index is 0.0572. The molecule has 0 radical (unpaired) electrons. The zero-order chi connectivity index (χ0) is 19.9. The van der Waals surface area contributed by atoms with Crippen LogP contribution in [0.2, 0.25) is 5.02 Å². The number of rotatable bonds is 0. The second-order valence-electron chi connectivity index (χ2n) is 6.73. The maximum Gasteiger partial charge on any atom is 0.342 e. The molecule has 1 aliphatic heterocycles. The van der Waals surface area contributed by atoms with Gasteiger partial charge in [-0.05, 0) is 19.4 Å². The number of fused-ring (bicyclic) bond motifs is 2. The van der Waals surface area contributed by atoms with Crippen LogP contribution >= 0.6 is 11.6 Å². The van der Waals surface area contributed by atoms with Crippen molar-refractivity contribution >= 4 is 23.4 Å². The van der Waals surface area contributed by atoms with Crippen molar-refractivity contribution in [2.45, 2.75) is 31.8 Å². The van der Waals surface area contributed by atoms with E-state index in [4.69, 9.17) is 16.3 Å². The van der Waals surface area contributed by atoms with E-state index in [-0.39, 0.29) is 29.0 Å². The van der Waals surface area contributed by atoms with Crippen LogP contribution in [0.15, 0.2) is 30.4 Å². The van der Waals surface area contributed by atoms with Crippen molar-refractivity contribution < 1.29 is 33.3 Å². The Bertz CT molecular complexity index is 862. The van der Waals surface area contributed by atoms with E-state index in [0.717, 1.165) is 12.1 Å². The lowest BCUT2D eigenvalue weighted by Crippen LogP contribution is -2.19. The molecule has 0 saturated heterocycles. The number of esters is 1. The van der Waals surface area contributed by atoms with Gasteiger partial charge in [-0.1, -0.05) is 29.8 Å². The molecule has 1 aliphatic carbocycles. The van der Waals surface area contributed by atoms with Gasteiger partial charge in [0, 0.05) is 24.0 Å². The first-order valence-electron chi connectivity index (χ1n) is 8.32. The summed E-state index contributed by atoms with van der Waals surface area (Å²) in [5, 5.41) is 19.6. The predicted molar refractivity (Wildman–Crippen MR) is 93.2 cm³/mol. The van der Waals surface area contributed by atoms with Crippen LogP contribution in [-0.2, 0) is 16.0 Å². The van der Waals surface area contributed by atoms with Gasteiger partial charge < -0.3 is 14.9 Å². The van der Waals surface area contributed by atoms with Gasteiger partial charge in [0.1, 0.15) is 17.1 Å². The standard InChI is InChI=1S/C19H17ClF2O5/c1-9-6-13-12(19(13,21)22)5-3-2-4-10(23)7-11-16(18(26)27-9)14(24)8-15(25)17(11)20/h2-5,8-9,12-13,24-25H,6-7H2,1H3/b4-2+,5-3+/t9-,12-,13-/m1/s1. The number of phenolic OH excluding ortho intramolecular Hbond substituents is 2. The van der Waals surface area contributed by atoms with E-state index in [1.165, 1.54) is 25.2 Å². The number of aromatic hydroxyl groups is 2. The van der Waals surface area contributed by atoms with Gasteiger partial charge in [-0.25, -0.2) is 13.6 Å². The molecule has 27 heavy (non-hydrogen) atoms. The quantitative estimate of drug-likeness (QED) is 0.649. The minimum atomic E-state index is -2.90. The van der Waals surface area contributed by atoms with Crippen molar-refractivity contribution in [3.63, 3.8) is 0 Å². The number of ether oxygens (including phenoxy) is 1. The molecule has 0 aromatic heterocycles. The Hall–Kier alpha value is -2.41. The van der Waals surface area contributed by atoms with E-state index in [2.05, 4.69) is 0 Å². The van der Waals surface area contributed by atoms with E-state index in [9.17, 15) is 28.6 Å². The first-order valence-corrected chi connectivity index (χ1v) is 8.70. The molecule has 1 aromatic rings. The highest BCUT2D eigenvalue weighted by atomic mass is 35.5. The van der Waals surface area contributed by atoms with Crippen molar-refractivity contribution in [1.29, 1.82) is 0 Å². The van der Waals surface area contributed by atoms with E-state index < -0.39 is 47.1 Å². The van der Waals surface area contributed by atoms with Crippen molar-refractivity contribution in [2.75, 3.05) is 0 Å². The number of allylic oxidation sites excluding steroid dienone is 4. The SMILES string of the molecule is C[C@@H]1C[C@@H]2[C@@H](/C=C/C=C/C(=O)Cc3c(Cl)c(O)cc(O)c3C(=O)O1)C2(F)F. The summed E-state index contributed by atoms with van der Waals surface area (Å²) in [6, 6.07) is 0.865. The fourth-order valence-corrected chi connectivity index (χ4v) is 3.50. The van der Waals surface area contributed by atoms with Gasteiger partial charge >= 0.3 is 5.97 Å². The molecule has 0 unspecified atom stereocenters. The summed E-state index contributed by atoms with van der Waals surface area (Å²) in [6.45, 7) is 1.47. The molecule has 0 bridgehead atoms. The molecule has 8 heteroatoms. The van der Waals surface area contributed by atoms with Crippen molar-refractivity contribution in [1.82, 2.24) is 0 Å². The van der Waals surface area contributed by atoms with Gasteiger partial charge in [-0.2, -0.15) is 0 Å². The molecule has 3 rings (SSSR count). The summed E-state index contributed by atoms with van der Waals surface area (Å²) in [5.74, 6) is -7.45. The molecule has 144 valence electrons. The average molecular weight is 399 g/mol. The first kappa shape index (κ1) is 19.4. The van der Waals surface area contributed by atoms with Crippen LogP contribution in [0.4, 0.5) is 8.78 Å². The maximum absolute atomic E-state index is 13.9. The third-order valence-corrected chi connectivity index (χ3v) is 5.17. The highest BCUT2D eigenvalue weighted by Gasteiger charge is 2.66. The van der Waals surface area contributed by atoms with Crippen molar-refractivity contribution in [2.24, 2.45) is 11.8 Å². The lowest BCUT2D eigenvalue weighted by atomic mass is 10.00. The molecular formula is C19H17ClF2O5. The predicted octanol–water partition coefficient (Wildman–Crippen LogP) is 3.81. The average Bonchev–Trinajstić information content (AvgIpc) is 3.07. The highest BCUT2D eigenvalue weighted by Crippen LogP contribution is 2.58. The highest BCUT2D eigenvalue weighted by molar-refractivity contribution is 6.33. The summed E-state index contributed by atoms with van der Waals surface area (Å²) < 4.78 is 32.9. The van der Waals surface area contributed by atoms with Gasteiger partial charge in [0.15, 0.2) is 5.78 Å². The fourth-order valence-electron chi connectivity index (χ4n) is 3.29. The lowest BCUT2D eigenvalue weighted by molar-refractivity contribution is -0.114. The molecule has 0 spiro atoms. The third-order valence-electron chi connectivity index (χ3n) is 4.75. The molecule has 2 aliphatic rings. The van der Waals surface area contributed by atoms with Crippen LogP contribution in [0.3, 0.4) is 0 Å². The number of hydrogen-bond acceptors (Lipinski definition) is 5. The maximum atomic E-state index is 13.9. The zero-order valence-electron chi connectivity index (χ0n) is 14.3. The number of cyclic esters (lactones) is 1. The Labute approximate surface area is 158 Å². The Morgan fingerprint density at radius 1 is 1.22 bits per heavy atom. The third kappa shape index (κ3) is 3.69. The monoisotopic (exact) mass is 398 g/mol. The smallest absolute Gasteiger partial charge is 0.342 e. The van der Waals surface area contributed by atoms with E-state index in [1.807, 2.05) is 0 Å². The summed E-state index contributed by atoms with van der Waals surface area (Å²) in [5.41, 5.74) is -0.449. The fraction of sp³-hybridized carbons (Fsp3) is 0.368. The molecule has 2 N–H and O–H groups in total. The summed E-state index contributed by atoms with van der Waals surface area (Å²) in [7, 11) is 0. The molecule has 3 atom stereocenters. The van der Waals surface area contributed by atoms with Crippen LogP contribution in [0.1, 0.15) is 29.3 Å². The van der Waals surface area contributed by atoms with Crippen LogP contribution in [0, 0.1) is 11.8 Å². The summed E-state index contributed by atoms with van der Waals surface area (Å²) >= 11 is 6.01. The summed E-state index contributed by atoms with van der Waals surface area (Å²) in [6.07, 6.45) is 3.89. The lowest BCUT2D eigenvalue weighted by Gasteiger charge is -2.17. The molecular weight excluding hydrogens is 382 g/mol. The normalized spacial score (nSPS) is 29.7. The molecule has 1 saturated carbocycles. The Kier molecular flexibility index (Phi) is 4.99. The molecule has 0 amide bonds. The van der Waals surface area contributed by atoms with Crippen LogP contribution in [-0.4, -0.2) is 34.0 Å². The van der Waals surface area contributed by atoms with E-state index >= 15 is 0 Å². The Morgan fingerprint density at radius 3 is 2.63 bits per heavy atom. The number of carbonyl (C=O) groups excluding carboxylic acids is 2. The van der Waals surface area contributed by atoms with Gasteiger partial charge in [-0.3, -0.25) is 4.79 Å². The number of alkyl halides is 2.